The second kappa shape index (κ2) is 6.23. The zero-order valence-corrected chi connectivity index (χ0v) is 13.0. The molecule has 6 nitrogen and oxygen atoms in total. The van der Waals surface area contributed by atoms with Gasteiger partial charge < -0.3 is 9.84 Å². The van der Waals surface area contributed by atoms with E-state index in [2.05, 4.69) is 20.4 Å². The minimum Gasteiger partial charge on any atom is -0.339 e. The third-order valence-electron chi connectivity index (χ3n) is 3.95. The van der Waals surface area contributed by atoms with Gasteiger partial charge in [-0.15, -0.1) is 0 Å². The highest BCUT2D eigenvalue weighted by molar-refractivity contribution is 5.94. The summed E-state index contributed by atoms with van der Waals surface area (Å²) in [7, 11) is 0. The Bertz CT molecular complexity index is 856. The number of carbonyl (C=O) groups is 1. The summed E-state index contributed by atoms with van der Waals surface area (Å²) in [4.78, 5) is 20.5. The van der Waals surface area contributed by atoms with Gasteiger partial charge in [0.2, 0.25) is 17.6 Å². The van der Waals surface area contributed by atoms with Crippen molar-refractivity contribution in [3.63, 3.8) is 0 Å². The van der Waals surface area contributed by atoms with E-state index in [1.807, 2.05) is 36.4 Å². The van der Waals surface area contributed by atoms with E-state index < -0.39 is 0 Å². The number of para-hydroxylation sites is 1. The number of nitrogens with zero attached hydrogens (tertiary/aromatic N) is 3. The van der Waals surface area contributed by atoms with Crippen LogP contribution in [0.15, 0.2) is 53.3 Å². The van der Waals surface area contributed by atoms with Gasteiger partial charge >= 0.3 is 0 Å². The number of benzene rings is 1. The summed E-state index contributed by atoms with van der Waals surface area (Å²) < 4.78 is 5.34. The summed E-state index contributed by atoms with van der Waals surface area (Å²) in [6, 6.07) is 11.4. The van der Waals surface area contributed by atoms with Crippen molar-refractivity contribution in [2.24, 2.45) is 5.92 Å². The second-order valence-corrected chi connectivity index (χ2v) is 5.85. The highest BCUT2D eigenvalue weighted by Crippen LogP contribution is 2.31. The van der Waals surface area contributed by atoms with Crippen LogP contribution in [0.4, 0.5) is 5.69 Å². The van der Waals surface area contributed by atoms with E-state index in [9.17, 15) is 4.79 Å². The van der Waals surface area contributed by atoms with Crippen LogP contribution < -0.4 is 5.32 Å². The number of pyridine rings is 1. The van der Waals surface area contributed by atoms with Gasteiger partial charge in [0, 0.05) is 29.6 Å². The first-order chi connectivity index (χ1) is 11.8. The second-order valence-electron chi connectivity index (χ2n) is 5.85. The highest BCUT2D eigenvalue weighted by atomic mass is 16.5. The molecule has 1 saturated carbocycles. The predicted octanol–water partition coefficient (Wildman–Crippen LogP) is 3.07. The lowest BCUT2D eigenvalue weighted by molar-refractivity contribution is -0.117. The fraction of sp³-hybridized carbons (Fsp3) is 0.222. The lowest BCUT2D eigenvalue weighted by Gasteiger charge is -2.09. The number of rotatable bonds is 5. The van der Waals surface area contributed by atoms with Crippen molar-refractivity contribution in [2.45, 2.75) is 19.3 Å². The first-order valence-electron chi connectivity index (χ1n) is 7.91. The molecule has 1 amide bonds. The fourth-order valence-electron chi connectivity index (χ4n) is 2.48. The van der Waals surface area contributed by atoms with E-state index in [4.69, 9.17) is 4.52 Å². The number of nitrogens with one attached hydrogen (secondary N) is 1. The maximum absolute atomic E-state index is 12.0. The number of anilines is 1. The van der Waals surface area contributed by atoms with Crippen molar-refractivity contribution in [3.05, 3.63) is 60.2 Å². The molecule has 4 rings (SSSR count). The molecule has 3 aromatic rings. The number of hydrogen-bond acceptors (Lipinski definition) is 5. The van der Waals surface area contributed by atoms with Crippen LogP contribution in [-0.4, -0.2) is 21.0 Å². The van der Waals surface area contributed by atoms with Gasteiger partial charge in [0.1, 0.15) is 0 Å². The Morgan fingerprint density at radius 2 is 2.08 bits per heavy atom. The summed E-state index contributed by atoms with van der Waals surface area (Å²) >= 11 is 0. The van der Waals surface area contributed by atoms with E-state index in [1.54, 1.807) is 12.4 Å². The molecule has 2 heterocycles. The van der Waals surface area contributed by atoms with Gasteiger partial charge in [0.05, 0.1) is 6.42 Å². The molecule has 1 aliphatic carbocycles. The summed E-state index contributed by atoms with van der Waals surface area (Å²) in [5.74, 6) is 1.27. The summed E-state index contributed by atoms with van der Waals surface area (Å²) in [6.07, 6.45) is 5.81. The molecule has 0 aliphatic heterocycles. The van der Waals surface area contributed by atoms with Crippen molar-refractivity contribution in [1.82, 2.24) is 15.1 Å². The van der Waals surface area contributed by atoms with Crippen LogP contribution in [0.25, 0.3) is 11.4 Å². The van der Waals surface area contributed by atoms with Crippen molar-refractivity contribution in [2.75, 3.05) is 5.32 Å². The van der Waals surface area contributed by atoms with E-state index in [0.29, 0.717) is 18.1 Å². The zero-order valence-electron chi connectivity index (χ0n) is 13.0. The van der Waals surface area contributed by atoms with Crippen LogP contribution in [0.2, 0.25) is 0 Å². The van der Waals surface area contributed by atoms with Crippen LogP contribution in [0.5, 0.6) is 0 Å². The van der Waals surface area contributed by atoms with E-state index >= 15 is 0 Å². The smallest absolute Gasteiger partial charge is 0.231 e. The molecule has 0 bridgehead atoms. The predicted molar refractivity (Wildman–Crippen MR) is 88.1 cm³/mol. The largest absolute Gasteiger partial charge is 0.339 e. The number of hydrogen-bond donors (Lipinski definition) is 1. The standard InChI is InChI=1S/C18H16N4O2/c23-18(12-7-8-12)20-15-6-2-1-4-13(15)10-16-21-17(22-24-16)14-5-3-9-19-11-14/h1-6,9,11-12H,7-8,10H2,(H,20,23). The molecular weight excluding hydrogens is 304 g/mol. The van der Waals surface area contributed by atoms with Gasteiger partial charge in [0.25, 0.3) is 0 Å². The molecule has 1 N–H and O–H groups in total. The molecule has 1 aliphatic rings. The minimum atomic E-state index is 0.0871. The third kappa shape index (κ3) is 3.17. The Morgan fingerprint density at radius 3 is 2.88 bits per heavy atom. The van der Waals surface area contributed by atoms with Crippen LogP contribution >= 0.6 is 0 Å². The van der Waals surface area contributed by atoms with Gasteiger partial charge in [-0.3, -0.25) is 9.78 Å². The normalized spacial score (nSPS) is 13.7. The SMILES string of the molecule is O=C(Nc1ccccc1Cc1nc(-c2cccnc2)no1)C1CC1. The van der Waals surface area contributed by atoms with E-state index in [1.165, 1.54) is 0 Å². The van der Waals surface area contributed by atoms with Crippen LogP contribution in [0.3, 0.4) is 0 Å². The molecule has 0 unspecified atom stereocenters. The molecule has 24 heavy (non-hydrogen) atoms. The van der Waals surface area contributed by atoms with Crippen LogP contribution in [0, 0.1) is 5.92 Å². The van der Waals surface area contributed by atoms with Gasteiger partial charge in [-0.2, -0.15) is 4.98 Å². The molecule has 0 saturated heterocycles. The molecule has 1 fully saturated rings. The molecule has 6 heteroatoms. The molecule has 0 radical (unpaired) electrons. The van der Waals surface area contributed by atoms with Gasteiger partial charge in [-0.25, -0.2) is 0 Å². The van der Waals surface area contributed by atoms with Crippen molar-refractivity contribution < 1.29 is 9.32 Å². The number of carbonyl (C=O) groups excluding carboxylic acids is 1. The zero-order chi connectivity index (χ0) is 16.4. The molecule has 0 atom stereocenters. The highest BCUT2D eigenvalue weighted by Gasteiger charge is 2.29. The lowest BCUT2D eigenvalue weighted by atomic mass is 10.1. The topological polar surface area (TPSA) is 80.9 Å². The maximum atomic E-state index is 12.0. The summed E-state index contributed by atoms with van der Waals surface area (Å²) in [6.45, 7) is 0. The van der Waals surface area contributed by atoms with E-state index in [0.717, 1.165) is 29.7 Å². The average molecular weight is 320 g/mol. The monoisotopic (exact) mass is 320 g/mol. The van der Waals surface area contributed by atoms with Crippen molar-refractivity contribution >= 4 is 11.6 Å². The Morgan fingerprint density at radius 1 is 1.21 bits per heavy atom. The summed E-state index contributed by atoms with van der Waals surface area (Å²) in [5, 5.41) is 6.99. The Labute approximate surface area is 138 Å². The van der Waals surface area contributed by atoms with Crippen molar-refractivity contribution in [3.8, 4) is 11.4 Å². The first-order valence-corrected chi connectivity index (χ1v) is 7.91. The van der Waals surface area contributed by atoms with Gasteiger partial charge in [-0.05, 0) is 36.6 Å². The van der Waals surface area contributed by atoms with E-state index in [-0.39, 0.29) is 11.8 Å². The minimum absolute atomic E-state index is 0.0871. The Hall–Kier alpha value is -3.02. The fourth-order valence-corrected chi connectivity index (χ4v) is 2.48. The maximum Gasteiger partial charge on any atom is 0.231 e. The molecule has 1 aromatic carbocycles. The molecular formula is C18H16N4O2. The molecule has 120 valence electrons. The van der Waals surface area contributed by atoms with Crippen LogP contribution in [-0.2, 0) is 11.2 Å². The Balaban J connectivity index is 1.53. The first kappa shape index (κ1) is 14.6. The third-order valence-corrected chi connectivity index (χ3v) is 3.95. The van der Waals surface area contributed by atoms with Crippen molar-refractivity contribution in [1.29, 1.82) is 0 Å². The van der Waals surface area contributed by atoms with Crippen LogP contribution in [0.1, 0.15) is 24.3 Å². The number of aromatic nitrogens is 3. The Kier molecular flexibility index (Phi) is 3.78. The van der Waals surface area contributed by atoms with Gasteiger partial charge in [-0.1, -0.05) is 23.4 Å². The van der Waals surface area contributed by atoms with Gasteiger partial charge in [0.15, 0.2) is 0 Å². The summed E-state index contributed by atoms with van der Waals surface area (Å²) in [5.41, 5.74) is 2.56. The molecule has 0 spiro atoms. The number of amides is 1. The lowest BCUT2D eigenvalue weighted by Crippen LogP contribution is -2.14. The molecule has 2 aromatic heterocycles. The quantitative estimate of drug-likeness (QED) is 0.781. The average Bonchev–Trinajstić information content (AvgIpc) is 3.37.